The molecule has 2 aromatic rings. The second-order valence-corrected chi connectivity index (χ2v) is 8.02. The van der Waals surface area contributed by atoms with Crippen molar-refractivity contribution in [3.8, 4) is 0 Å². The molecule has 8 heteroatoms. The number of ether oxygens (including phenoxy) is 1. The van der Waals surface area contributed by atoms with Crippen molar-refractivity contribution < 1.29 is 18.7 Å². The van der Waals surface area contributed by atoms with Crippen molar-refractivity contribution in [2.45, 2.75) is 13.0 Å². The highest BCUT2D eigenvalue weighted by atomic mass is 19.1. The van der Waals surface area contributed by atoms with Crippen LogP contribution in [-0.4, -0.2) is 56.7 Å². The van der Waals surface area contributed by atoms with Gasteiger partial charge in [0.1, 0.15) is 5.82 Å². The summed E-state index contributed by atoms with van der Waals surface area (Å²) in [6.45, 7) is 5.73. The lowest BCUT2D eigenvalue weighted by atomic mass is 9.95. The summed E-state index contributed by atoms with van der Waals surface area (Å²) in [7, 11) is 1.30. The number of urea groups is 1. The number of hydrogen-bond donors (Lipinski definition) is 2. The number of rotatable bonds is 5. The van der Waals surface area contributed by atoms with E-state index in [-0.39, 0.29) is 0 Å². The second kappa shape index (κ2) is 9.40. The number of piperazine rings is 1. The van der Waals surface area contributed by atoms with E-state index in [1.54, 1.807) is 12.1 Å². The number of anilines is 1. The van der Waals surface area contributed by atoms with Crippen molar-refractivity contribution in [1.82, 2.24) is 15.5 Å². The van der Waals surface area contributed by atoms with E-state index < -0.39 is 23.9 Å². The van der Waals surface area contributed by atoms with Crippen LogP contribution in [0.15, 0.2) is 59.8 Å². The van der Waals surface area contributed by atoms with Crippen molar-refractivity contribution in [3.05, 3.63) is 76.7 Å². The van der Waals surface area contributed by atoms with Crippen LogP contribution in [0.1, 0.15) is 17.2 Å². The zero-order valence-electron chi connectivity index (χ0n) is 18.2. The maximum absolute atomic E-state index is 13.8. The highest BCUT2D eigenvalue weighted by Gasteiger charge is 2.34. The maximum atomic E-state index is 13.8. The molecule has 1 unspecified atom stereocenters. The van der Waals surface area contributed by atoms with E-state index in [1.165, 1.54) is 30.5 Å². The fourth-order valence-electron chi connectivity index (χ4n) is 4.32. The summed E-state index contributed by atoms with van der Waals surface area (Å²) in [5.41, 5.74) is 3.73. The Labute approximate surface area is 186 Å². The molecule has 2 amide bonds. The number of aryl methyl sites for hydroxylation is 1. The van der Waals surface area contributed by atoms with Gasteiger partial charge in [-0.25, -0.2) is 14.0 Å². The zero-order chi connectivity index (χ0) is 22.7. The number of methoxy groups -OCH3 is 1. The highest BCUT2D eigenvalue weighted by Crippen LogP contribution is 2.29. The highest BCUT2D eigenvalue weighted by molar-refractivity contribution is 5.95. The molecule has 0 bridgehead atoms. The van der Waals surface area contributed by atoms with Crippen molar-refractivity contribution >= 4 is 17.7 Å². The lowest BCUT2D eigenvalue weighted by molar-refractivity contribution is -0.136. The van der Waals surface area contributed by atoms with Gasteiger partial charge in [-0.05, 0) is 36.2 Å². The molecule has 0 aliphatic carbocycles. The van der Waals surface area contributed by atoms with Gasteiger partial charge in [0.15, 0.2) is 0 Å². The molecule has 7 nitrogen and oxygen atoms in total. The predicted octanol–water partition coefficient (Wildman–Crippen LogP) is 2.74. The van der Waals surface area contributed by atoms with Crippen molar-refractivity contribution in [1.29, 1.82) is 0 Å². The Hall–Kier alpha value is -3.39. The standard InChI is InChI=1S/C24H27FN4O3/c1-16-6-3-4-9-20(16)29-12-10-28(11-13-29)15-19-21(23(30)32-2)22(27-24(31)26-19)17-7-5-8-18(25)14-17/h3-9,14,22H,10-13,15H2,1-2H3,(H2,26,27,31). The number of carbonyl (C=O) groups excluding carboxylic acids is 2. The van der Waals surface area contributed by atoms with Crippen LogP contribution in [0.4, 0.5) is 14.9 Å². The fraction of sp³-hybridized carbons (Fsp3) is 0.333. The van der Waals surface area contributed by atoms with Gasteiger partial charge in [0.25, 0.3) is 0 Å². The summed E-state index contributed by atoms with van der Waals surface area (Å²) in [6, 6.07) is 13.0. The third-order valence-electron chi connectivity index (χ3n) is 5.95. The first kappa shape index (κ1) is 21.8. The molecule has 32 heavy (non-hydrogen) atoms. The summed E-state index contributed by atoms with van der Waals surface area (Å²) in [4.78, 5) is 29.6. The van der Waals surface area contributed by atoms with E-state index >= 15 is 0 Å². The maximum Gasteiger partial charge on any atom is 0.338 e. The predicted molar refractivity (Wildman–Crippen MR) is 120 cm³/mol. The molecule has 2 N–H and O–H groups in total. The number of carbonyl (C=O) groups is 2. The molecule has 1 fully saturated rings. The van der Waals surface area contributed by atoms with E-state index in [0.717, 1.165) is 26.2 Å². The molecule has 1 saturated heterocycles. The number of amides is 2. The van der Waals surface area contributed by atoms with Crippen LogP contribution in [0.2, 0.25) is 0 Å². The first-order chi connectivity index (χ1) is 15.5. The molecule has 2 aliphatic rings. The SMILES string of the molecule is COC(=O)C1=C(CN2CCN(c3ccccc3C)CC2)NC(=O)NC1c1cccc(F)c1. The number of esters is 1. The van der Waals surface area contributed by atoms with Gasteiger partial charge in [-0.3, -0.25) is 4.90 Å². The first-order valence-electron chi connectivity index (χ1n) is 10.6. The normalized spacial score (nSPS) is 19.4. The lowest BCUT2D eigenvalue weighted by Crippen LogP contribution is -2.51. The topological polar surface area (TPSA) is 73.9 Å². The minimum Gasteiger partial charge on any atom is -0.466 e. The second-order valence-electron chi connectivity index (χ2n) is 8.02. The molecule has 4 rings (SSSR count). The number of para-hydroxylation sites is 1. The number of halogens is 1. The van der Waals surface area contributed by atoms with E-state index in [9.17, 15) is 14.0 Å². The van der Waals surface area contributed by atoms with Gasteiger partial charge < -0.3 is 20.3 Å². The zero-order valence-corrected chi connectivity index (χ0v) is 18.2. The van der Waals surface area contributed by atoms with Crippen LogP contribution < -0.4 is 15.5 Å². The third-order valence-corrected chi connectivity index (χ3v) is 5.95. The van der Waals surface area contributed by atoms with Gasteiger partial charge in [-0.2, -0.15) is 0 Å². The van der Waals surface area contributed by atoms with Gasteiger partial charge in [0, 0.05) is 44.1 Å². The van der Waals surface area contributed by atoms with Crippen LogP contribution in [0.3, 0.4) is 0 Å². The van der Waals surface area contributed by atoms with Crippen molar-refractivity contribution in [3.63, 3.8) is 0 Å². The Balaban J connectivity index is 1.55. The summed E-state index contributed by atoms with van der Waals surface area (Å²) in [6.07, 6.45) is 0. The Bertz CT molecular complexity index is 1050. The van der Waals surface area contributed by atoms with E-state index in [4.69, 9.17) is 4.74 Å². The Kier molecular flexibility index (Phi) is 6.41. The largest absolute Gasteiger partial charge is 0.466 e. The number of nitrogens with one attached hydrogen (secondary N) is 2. The van der Waals surface area contributed by atoms with Crippen LogP contribution >= 0.6 is 0 Å². The Morgan fingerprint density at radius 2 is 1.88 bits per heavy atom. The average molecular weight is 439 g/mol. The third kappa shape index (κ3) is 4.60. The molecule has 2 aliphatic heterocycles. The van der Waals surface area contributed by atoms with Gasteiger partial charge in [0.05, 0.1) is 18.7 Å². The summed E-state index contributed by atoms with van der Waals surface area (Å²) < 4.78 is 18.8. The van der Waals surface area contributed by atoms with E-state index in [0.29, 0.717) is 23.4 Å². The molecule has 2 aromatic carbocycles. The molecule has 0 aromatic heterocycles. The molecule has 0 radical (unpaired) electrons. The molecular weight excluding hydrogens is 411 g/mol. The summed E-state index contributed by atoms with van der Waals surface area (Å²) >= 11 is 0. The fourth-order valence-corrected chi connectivity index (χ4v) is 4.32. The molecule has 0 spiro atoms. The van der Waals surface area contributed by atoms with E-state index in [1.807, 2.05) is 12.1 Å². The molecule has 2 heterocycles. The van der Waals surface area contributed by atoms with Gasteiger partial charge in [-0.1, -0.05) is 30.3 Å². The number of benzene rings is 2. The van der Waals surface area contributed by atoms with Gasteiger partial charge >= 0.3 is 12.0 Å². The molecule has 1 atom stereocenters. The Morgan fingerprint density at radius 3 is 2.56 bits per heavy atom. The van der Waals surface area contributed by atoms with Crippen LogP contribution in [-0.2, 0) is 9.53 Å². The minimum absolute atomic E-state index is 0.291. The molecule has 0 saturated carbocycles. The molecule has 168 valence electrons. The summed E-state index contributed by atoms with van der Waals surface area (Å²) in [5.74, 6) is -0.992. The van der Waals surface area contributed by atoms with Crippen LogP contribution in [0.5, 0.6) is 0 Å². The quantitative estimate of drug-likeness (QED) is 0.703. The van der Waals surface area contributed by atoms with Gasteiger partial charge in [0.2, 0.25) is 0 Å². The van der Waals surface area contributed by atoms with Gasteiger partial charge in [-0.15, -0.1) is 0 Å². The lowest BCUT2D eigenvalue weighted by Gasteiger charge is -2.38. The summed E-state index contributed by atoms with van der Waals surface area (Å²) in [5, 5.41) is 5.50. The smallest absolute Gasteiger partial charge is 0.338 e. The first-order valence-corrected chi connectivity index (χ1v) is 10.6. The Morgan fingerprint density at radius 1 is 1.12 bits per heavy atom. The van der Waals surface area contributed by atoms with E-state index in [2.05, 4.69) is 39.5 Å². The van der Waals surface area contributed by atoms with Crippen LogP contribution in [0.25, 0.3) is 0 Å². The monoisotopic (exact) mass is 438 g/mol. The minimum atomic E-state index is -0.782. The number of hydrogen-bond acceptors (Lipinski definition) is 5. The molecular formula is C24H27FN4O3. The number of nitrogens with zero attached hydrogens (tertiary/aromatic N) is 2. The average Bonchev–Trinajstić information content (AvgIpc) is 2.79. The van der Waals surface area contributed by atoms with Crippen molar-refractivity contribution in [2.24, 2.45) is 0 Å². The van der Waals surface area contributed by atoms with Crippen molar-refractivity contribution in [2.75, 3.05) is 44.7 Å². The van der Waals surface area contributed by atoms with Crippen LogP contribution in [0, 0.1) is 12.7 Å².